The molecule has 0 amide bonds. The van der Waals surface area contributed by atoms with Gasteiger partial charge in [-0.15, -0.1) is 0 Å². The Morgan fingerprint density at radius 3 is 2.57 bits per heavy atom. The molecule has 3 aromatic rings. The van der Waals surface area contributed by atoms with Gasteiger partial charge in [0.15, 0.2) is 0 Å². The van der Waals surface area contributed by atoms with Crippen molar-refractivity contribution in [1.82, 2.24) is 19.5 Å². The van der Waals surface area contributed by atoms with Crippen molar-refractivity contribution in [2.75, 3.05) is 26.3 Å². The molecule has 0 atom stereocenters. The van der Waals surface area contributed by atoms with Crippen molar-refractivity contribution < 1.29 is 4.74 Å². The number of aromatic nitrogens is 3. The molecule has 0 radical (unpaired) electrons. The Bertz CT molecular complexity index is 939. The SMILES string of the molecule is Brc1ccc(-c2nc3sc(C4CCCCC4)nn3c2CN2CCOCC2)cc1. The van der Waals surface area contributed by atoms with Crippen LogP contribution in [0.4, 0.5) is 0 Å². The molecule has 0 unspecified atom stereocenters. The molecule has 1 aliphatic heterocycles. The summed E-state index contributed by atoms with van der Waals surface area (Å²) < 4.78 is 8.75. The molecular weight excluding hydrogens is 436 g/mol. The molecule has 5 nitrogen and oxygen atoms in total. The Hall–Kier alpha value is -1.28. The quantitative estimate of drug-likeness (QED) is 0.542. The van der Waals surface area contributed by atoms with Crippen molar-refractivity contribution in [3.8, 4) is 11.3 Å². The van der Waals surface area contributed by atoms with E-state index < -0.39 is 0 Å². The summed E-state index contributed by atoms with van der Waals surface area (Å²) in [7, 11) is 0. The lowest BCUT2D eigenvalue weighted by Gasteiger charge is -2.26. The number of rotatable bonds is 4. The lowest BCUT2D eigenvalue weighted by atomic mass is 9.90. The van der Waals surface area contributed by atoms with Crippen LogP contribution in [0.15, 0.2) is 28.7 Å². The molecule has 7 heteroatoms. The van der Waals surface area contributed by atoms with Crippen molar-refractivity contribution in [1.29, 1.82) is 0 Å². The topological polar surface area (TPSA) is 42.7 Å². The highest BCUT2D eigenvalue weighted by Crippen LogP contribution is 2.36. The molecule has 1 saturated carbocycles. The van der Waals surface area contributed by atoms with Crippen molar-refractivity contribution in [2.24, 2.45) is 0 Å². The Morgan fingerprint density at radius 2 is 1.82 bits per heavy atom. The minimum absolute atomic E-state index is 0.618. The first-order valence-corrected chi connectivity index (χ1v) is 11.8. The molecule has 2 aliphatic rings. The van der Waals surface area contributed by atoms with E-state index in [0.29, 0.717) is 5.92 Å². The van der Waals surface area contributed by atoms with Gasteiger partial charge in [0.25, 0.3) is 0 Å². The van der Waals surface area contributed by atoms with E-state index in [1.165, 1.54) is 42.8 Å². The van der Waals surface area contributed by atoms with E-state index >= 15 is 0 Å². The van der Waals surface area contributed by atoms with Crippen LogP contribution in [0.5, 0.6) is 0 Å². The van der Waals surface area contributed by atoms with Gasteiger partial charge in [-0.2, -0.15) is 5.10 Å². The van der Waals surface area contributed by atoms with Gasteiger partial charge in [-0.3, -0.25) is 4.90 Å². The van der Waals surface area contributed by atoms with Gasteiger partial charge in [0.1, 0.15) is 5.01 Å². The summed E-state index contributed by atoms with van der Waals surface area (Å²) in [4.78, 5) is 8.52. The number of imidazole rings is 1. The van der Waals surface area contributed by atoms with E-state index in [1.54, 1.807) is 11.3 Å². The molecular formula is C21H25BrN4OS. The molecule has 3 heterocycles. The Morgan fingerprint density at radius 1 is 1.07 bits per heavy atom. The zero-order valence-electron chi connectivity index (χ0n) is 15.9. The van der Waals surface area contributed by atoms with Crippen LogP contribution in [0.25, 0.3) is 16.2 Å². The highest BCUT2D eigenvalue weighted by Gasteiger charge is 2.25. The van der Waals surface area contributed by atoms with Crippen LogP contribution in [0.1, 0.15) is 48.7 Å². The van der Waals surface area contributed by atoms with Gasteiger partial charge in [-0.05, 0) is 25.0 Å². The lowest BCUT2D eigenvalue weighted by Crippen LogP contribution is -2.36. The van der Waals surface area contributed by atoms with Gasteiger partial charge in [0.2, 0.25) is 4.96 Å². The highest BCUT2D eigenvalue weighted by atomic mass is 79.9. The smallest absolute Gasteiger partial charge is 0.213 e. The van der Waals surface area contributed by atoms with E-state index in [1.807, 2.05) is 0 Å². The van der Waals surface area contributed by atoms with Crippen molar-refractivity contribution >= 4 is 32.2 Å². The summed E-state index contributed by atoms with van der Waals surface area (Å²) in [6.07, 6.45) is 6.58. The monoisotopic (exact) mass is 460 g/mol. The number of morpholine rings is 1. The molecule has 1 aliphatic carbocycles. The fourth-order valence-corrected chi connectivity index (χ4v) is 5.62. The third-order valence-corrected chi connectivity index (χ3v) is 7.46. The second-order valence-corrected chi connectivity index (χ2v) is 9.68. The average Bonchev–Trinajstić information content (AvgIpc) is 3.30. The number of nitrogens with zero attached hydrogens (tertiary/aromatic N) is 4. The number of hydrogen-bond donors (Lipinski definition) is 0. The number of ether oxygens (including phenoxy) is 1. The minimum Gasteiger partial charge on any atom is -0.379 e. The van der Waals surface area contributed by atoms with Gasteiger partial charge in [0, 0.05) is 35.6 Å². The van der Waals surface area contributed by atoms with Crippen molar-refractivity contribution in [3.05, 3.63) is 39.4 Å². The third-order valence-electron chi connectivity index (χ3n) is 5.86. The number of hydrogen-bond acceptors (Lipinski definition) is 5. The van der Waals surface area contributed by atoms with Crippen molar-refractivity contribution in [2.45, 2.75) is 44.6 Å². The molecule has 148 valence electrons. The fraction of sp³-hybridized carbons (Fsp3) is 0.524. The van der Waals surface area contributed by atoms with E-state index in [-0.39, 0.29) is 0 Å². The van der Waals surface area contributed by atoms with E-state index in [2.05, 4.69) is 49.6 Å². The first kappa shape index (κ1) is 18.7. The molecule has 1 aromatic carbocycles. The van der Waals surface area contributed by atoms with Crippen molar-refractivity contribution in [3.63, 3.8) is 0 Å². The summed E-state index contributed by atoms with van der Waals surface area (Å²) in [5.74, 6) is 0.618. The first-order chi connectivity index (χ1) is 13.8. The zero-order chi connectivity index (χ0) is 18.9. The summed E-state index contributed by atoms with van der Waals surface area (Å²) in [6.45, 7) is 4.41. The standard InChI is InChI=1S/C21H25BrN4OS/c22-17-8-6-15(7-9-17)19-18(14-25-10-12-27-13-11-25)26-21(23-19)28-20(24-26)16-4-2-1-3-5-16/h6-9,16H,1-5,10-14H2. The largest absolute Gasteiger partial charge is 0.379 e. The molecule has 5 rings (SSSR count). The zero-order valence-corrected chi connectivity index (χ0v) is 18.3. The van der Waals surface area contributed by atoms with E-state index in [4.69, 9.17) is 14.8 Å². The van der Waals surface area contributed by atoms with Crippen LogP contribution in [0, 0.1) is 0 Å². The van der Waals surface area contributed by atoms with E-state index in [9.17, 15) is 0 Å². The fourth-order valence-electron chi connectivity index (χ4n) is 4.27. The normalized spacial score (nSPS) is 19.5. The van der Waals surface area contributed by atoms with Crippen LogP contribution in [0.3, 0.4) is 0 Å². The predicted octanol–water partition coefficient (Wildman–Crippen LogP) is 5.10. The van der Waals surface area contributed by atoms with Crippen LogP contribution in [0.2, 0.25) is 0 Å². The molecule has 2 aromatic heterocycles. The summed E-state index contributed by atoms with van der Waals surface area (Å²) >= 11 is 5.33. The molecule has 0 spiro atoms. The first-order valence-electron chi connectivity index (χ1n) is 10.2. The third kappa shape index (κ3) is 3.77. The van der Waals surface area contributed by atoms with Crippen LogP contribution in [-0.2, 0) is 11.3 Å². The Balaban J connectivity index is 1.54. The number of halogens is 1. The molecule has 1 saturated heterocycles. The Kier molecular flexibility index (Phi) is 5.50. The molecule has 28 heavy (non-hydrogen) atoms. The van der Waals surface area contributed by atoms with Crippen LogP contribution >= 0.6 is 27.3 Å². The maximum atomic E-state index is 5.54. The number of fused-ring (bicyclic) bond motifs is 1. The molecule has 0 N–H and O–H groups in total. The average molecular weight is 461 g/mol. The van der Waals surface area contributed by atoms with Gasteiger partial charge in [-0.1, -0.05) is 58.7 Å². The predicted molar refractivity (Wildman–Crippen MR) is 116 cm³/mol. The maximum absolute atomic E-state index is 5.54. The highest BCUT2D eigenvalue weighted by molar-refractivity contribution is 9.10. The minimum atomic E-state index is 0.618. The molecule has 2 fully saturated rings. The van der Waals surface area contributed by atoms with Gasteiger partial charge in [0.05, 0.1) is 24.6 Å². The summed E-state index contributed by atoms with van der Waals surface area (Å²) in [6, 6.07) is 8.45. The van der Waals surface area contributed by atoms with Crippen LogP contribution < -0.4 is 0 Å². The van der Waals surface area contributed by atoms with Gasteiger partial charge >= 0.3 is 0 Å². The van der Waals surface area contributed by atoms with E-state index in [0.717, 1.165) is 53.5 Å². The van der Waals surface area contributed by atoms with Crippen LogP contribution in [-0.4, -0.2) is 45.8 Å². The summed E-state index contributed by atoms with van der Waals surface area (Å²) in [5.41, 5.74) is 3.42. The van der Waals surface area contributed by atoms with Gasteiger partial charge in [-0.25, -0.2) is 9.50 Å². The number of benzene rings is 1. The second-order valence-electron chi connectivity index (χ2n) is 7.77. The van der Waals surface area contributed by atoms with Gasteiger partial charge < -0.3 is 4.74 Å². The molecule has 0 bridgehead atoms. The second kappa shape index (κ2) is 8.22. The Labute approximate surface area is 177 Å². The summed E-state index contributed by atoms with van der Waals surface area (Å²) in [5, 5.41) is 6.34. The maximum Gasteiger partial charge on any atom is 0.213 e. The lowest BCUT2D eigenvalue weighted by molar-refractivity contribution is 0.0335.